The van der Waals surface area contributed by atoms with E-state index in [-0.39, 0.29) is 5.91 Å². The highest BCUT2D eigenvalue weighted by Gasteiger charge is 2.14. The van der Waals surface area contributed by atoms with E-state index < -0.39 is 0 Å². The van der Waals surface area contributed by atoms with E-state index in [1.807, 2.05) is 67.6 Å². The number of aromatic nitrogens is 1. The third-order valence-corrected chi connectivity index (χ3v) is 4.29. The molecular weight excluding hydrogens is 338 g/mol. The SMILES string of the molecule is Cc1ccc(Nc2nc(C(=O)NCc3ccccc3)cc3occc23)cc1. The second kappa shape index (κ2) is 7.33. The fourth-order valence-corrected chi connectivity index (χ4v) is 2.82. The highest BCUT2D eigenvalue weighted by atomic mass is 16.3. The van der Waals surface area contributed by atoms with Gasteiger partial charge in [0, 0.05) is 18.3 Å². The highest BCUT2D eigenvalue weighted by Crippen LogP contribution is 2.26. The Morgan fingerprint density at radius 2 is 1.81 bits per heavy atom. The van der Waals surface area contributed by atoms with Crippen molar-refractivity contribution in [3.63, 3.8) is 0 Å². The van der Waals surface area contributed by atoms with Gasteiger partial charge in [-0.1, -0.05) is 48.0 Å². The lowest BCUT2D eigenvalue weighted by atomic mass is 10.2. The highest BCUT2D eigenvalue weighted by molar-refractivity contribution is 5.99. The van der Waals surface area contributed by atoms with Crippen LogP contribution in [0.25, 0.3) is 11.0 Å². The molecule has 1 amide bonds. The van der Waals surface area contributed by atoms with Crippen molar-refractivity contribution in [1.82, 2.24) is 10.3 Å². The van der Waals surface area contributed by atoms with Gasteiger partial charge in [0.05, 0.1) is 11.6 Å². The molecule has 134 valence electrons. The van der Waals surface area contributed by atoms with Gasteiger partial charge in [0.2, 0.25) is 0 Å². The maximum atomic E-state index is 12.6. The molecule has 5 heteroatoms. The normalized spacial score (nSPS) is 10.7. The molecule has 0 saturated heterocycles. The summed E-state index contributed by atoms with van der Waals surface area (Å²) in [6.07, 6.45) is 1.60. The predicted molar refractivity (Wildman–Crippen MR) is 106 cm³/mol. The topological polar surface area (TPSA) is 67.2 Å². The van der Waals surface area contributed by atoms with Crippen molar-refractivity contribution in [2.24, 2.45) is 0 Å². The lowest BCUT2D eigenvalue weighted by Crippen LogP contribution is -2.24. The van der Waals surface area contributed by atoms with Crippen molar-refractivity contribution in [2.45, 2.75) is 13.5 Å². The van der Waals surface area contributed by atoms with Gasteiger partial charge in [-0.2, -0.15) is 0 Å². The minimum absolute atomic E-state index is 0.246. The molecule has 0 aliphatic heterocycles. The summed E-state index contributed by atoms with van der Waals surface area (Å²) < 4.78 is 5.51. The number of carbonyl (C=O) groups is 1. The van der Waals surface area contributed by atoms with Crippen LogP contribution in [0.4, 0.5) is 11.5 Å². The Bertz CT molecular complexity index is 1070. The summed E-state index contributed by atoms with van der Waals surface area (Å²) in [6, 6.07) is 21.3. The van der Waals surface area contributed by atoms with Gasteiger partial charge in [0.1, 0.15) is 17.1 Å². The Morgan fingerprint density at radius 3 is 2.59 bits per heavy atom. The number of aryl methyl sites for hydroxylation is 1. The Morgan fingerprint density at radius 1 is 1.04 bits per heavy atom. The molecule has 27 heavy (non-hydrogen) atoms. The van der Waals surface area contributed by atoms with E-state index in [2.05, 4.69) is 15.6 Å². The predicted octanol–water partition coefficient (Wildman–Crippen LogP) is 4.81. The number of amides is 1. The van der Waals surface area contributed by atoms with Crippen molar-refractivity contribution >= 4 is 28.4 Å². The average Bonchev–Trinajstić information content (AvgIpc) is 3.17. The van der Waals surface area contributed by atoms with Gasteiger partial charge in [0.15, 0.2) is 0 Å². The van der Waals surface area contributed by atoms with E-state index in [1.165, 1.54) is 5.56 Å². The Hall–Kier alpha value is -3.60. The lowest BCUT2D eigenvalue weighted by Gasteiger charge is -2.10. The number of pyridine rings is 1. The lowest BCUT2D eigenvalue weighted by molar-refractivity contribution is 0.0946. The van der Waals surface area contributed by atoms with Crippen LogP contribution in [0, 0.1) is 6.92 Å². The van der Waals surface area contributed by atoms with Crippen molar-refractivity contribution < 1.29 is 9.21 Å². The van der Waals surface area contributed by atoms with Gasteiger partial charge in [-0.25, -0.2) is 4.98 Å². The van der Waals surface area contributed by atoms with Crippen LogP contribution in [-0.4, -0.2) is 10.9 Å². The van der Waals surface area contributed by atoms with Crippen molar-refractivity contribution in [3.05, 3.63) is 89.8 Å². The first-order valence-electron chi connectivity index (χ1n) is 8.73. The number of nitrogens with one attached hydrogen (secondary N) is 2. The van der Waals surface area contributed by atoms with Crippen LogP contribution in [0.15, 0.2) is 77.4 Å². The summed E-state index contributed by atoms with van der Waals surface area (Å²) in [4.78, 5) is 17.1. The van der Waals surface area contributed by atoms with Crippen LogP contribution in [0.5, 0.6) is 0 Å². The molecule has 2 aromatic carbocycles. The van der Waals surface area contributed by atoms with Gasteiger partial charge in [-0.3, -0.25) is 4.79 Å². The summed E-state index contributed by atoms with van der Waals surface area (Å²) in [7, 11) is 0. The van der Waals surface area contributed by atoms with Crippen LogP contribution in [0.1, 0.15) is 21.6 Å². The van der Waals surface area contributed by atoms with Crippen LogP contribution in [0.3, 0.4) is 0 Å². The first-order chi connectivity index (χ1) is 13.2. The molecular formula is C22H19N3O2. The molecule has 0 aliphatic rings. The Labute approximate surface area is 157 Å². The molecule has 2 heterocycles. The third kappa shape index (κ3) is 3.82. The largest absolute Gasteiger partial charge is 0.464 e. The summed E-state index contributed by atoms with van der Waals surface area (Å²) in [5, 5.41) is 7.01. The maximum Gasteiger partial charge on any atom is 0.270 e. The monoisotopic (exact) mass is 357 g/mol. The second-order valence-corrected chi connectivity index (χ2v) is 6.35. The summed E-state index contributed by atoms with van der Waals surface area (Å²) in [5.41, 5.74) is 4.03. The second-order valence-electron chi connectivity index (χ2n) is 6.35. The minimum atomic E-state index is -0.246. The van der Waals surface area contributed by atoms with Crippen LogP contribution in [-0.2, 0) is 6.54 Å². The summed E-state index contributed by atoms with van der Waals surface area (Å²) in [5.74, 6) is 0.346. The maximum absolute atomic E-state index is 12.6. The number of hydrogen-bond donors (Lipinski definition) is 2. The van der Waals surface area contributed by atoms with Crippen molar-refractivity contribution in [2.75, 3.05) is 5.32 Å². The number of anilines is 2. The van der Waals surface area contributed by atoms with E-state index in [4.69, 9.17) is 4.42 Å². The number of rotatable bonds is 5. The number of nitrogens with zero attached hydrogens (tertiary/aromatic N) is 1. The van der Waals surface area contributed by atoms with E-state index >= 15 is 0 Å². The zero-order valence-corrected chi connectivity index (χ0v) is 14.9. The fraction of sp³-hybridized carbons (Fsp3) is 0.0909. The van der Waals surface area contributed by atoms with Crippen molar-refractivity contribution in [1.29, 1.82) is 0 Å². The number of benzene rings is 2. The number of carbonyl (C=O) groups excluding carboxylic acids is 1. The molecule has 0 saturated carbocycles. The zero-order chi connectivity index (χ0) is 18.6. The van der Waals surface area contributed by atoms with Gasteiger partial charge in [-0.15, -0.1) is 0 Å². The van der Waals surface area contributed by atoms with E-state index in [0.29, 0.717) is 23.6 Å². The summed E-state index contributed by atoms with van der Waals surface area (Å²) >= 11 is 0. The van der Waals surface area contributed by atoms with Crippen LogP contribution >= 0.6 is 0 Å². The Kier molecular flexibility index (Phi) is 4.58. The van der Waals surface area contributed by atoms with Crippen molar-refractivity contribution in [3.8, 4) is 0 Å². The molecule has 0 atom stereocenters. The first-order valence-corrected chi connectivity index (χ1v) is 8.73. The molecule has 5 nitrogen and oxygen atoms in total. The average molecular weight is 357 g/mol. The minimum Gasteiger partial charge on any atom is -0.464 e. The first kappa shape index (κ1) is 16.8. The molecule has 0 aliphatic carbocycles. The molecule has 0 fully saturated rings. The number of fused-ring (bicyclic) bond motifs is 1. The molecule has 4 rings (SSSR count). The van der Waals surface area contributed by atoms with Crippen LogP contribution < -0.4 is 10.6 Å². The third-order valence-electron chi connectivity index (χ3n) is 4.29. The van der Waals surface area contributed by atoms with Crippen LogP contribution in [0.2, 0.25) is 0 Å². The molecule has 2 aromatic heterocycles. The van der Waals surface area contributed by atoms with Gasteiger partial charge in [-0.05, 0) is 30.7 Å². The van der Waals surface area contributed by atoms with E-state index in [9.17, 15) is 4.79 Å². The number of hydrogen-bond acceptors (Lipinski definition) is 4. The standard InChI is InChI=1S/C22H19N3O2/c1-15-7-9-17(10-8-15)24-21-18-11-12-27-20(18)13-19(25-21)22(26)23-14-16-5-3-2-4-6-16/h2-13H,14H2,1H3,(H,23,26)(H,24,25). The number of furan rings is 1. The molecule has 4 aromatic rings. The molecule has 0 bridgehead atoms. The van der Waals surface area contributed by atoms with Gasteiger partial charge in [0.25, 0.3) is 5.91 Å². The van der Waals surface area contributed by atoms with E-state index in [0.717, 1.165) is 16.6 Å². The molecule has 0 spiro atoms. The molecule has 0 unspecified atom stereocenters. The molecule has 2 N–H and O–H groups in total. The smallest absolute Gasteiger partial charge is 0.270 e. The fourth-order valence-electron chi connectivity index (χ4n) is 2.82. The van der Waals surface area contributed by atoms with E-state index in [1.54, 1.807) is 12.3 Å². The van der Waals surface area contributed by atoms with Gasteiger partial charge < -0.3 is 15.1 Å². The van der Waals surface area contributed by atoms with Gasteiger partial charge >= 0.3 is 0 Å². The zero-order valence-electron chi connectivity index (χ0n) is 14.9. The summed E-state index contributed by atoms with van der Waals surface area (Å²) in [6.45, 7) is 2.48. The quantitative estimate of drug-likeness (QED) is 0.538. The molecule has 0 radical (unpaired) electrons. The Balaban J connectivity index is 1.59.